The minimum atomic E-state index is -0.706. The predicted octanol–water partition coefficient (Wildman–Crippen LogP) is 2.77. The van der Waals surface area contributed by atoms with Gasteiger partial charge in [-0.2, -0.15) is 0 Å². The Morgan fingerprint density at radius 1 is 1.39 bits per heavy atom. The van der Waals surface area contributed by atoms with Crippen molar-refractivity contribution in [1.82, 2.24) is 5.32 Å². The van der Waals surface area contributed by atoms with E-state index in [0.29, 0.717) is 6.04 Å². The molecule has 2 nitrogen and oxygen atoms in total. The van der Waals surface area contributed by atoms with Crippen molar-refractivity contribution in [2.75, 3.05) is 18.6 Å². The van der Waals surface area contributed by atoms with Gasteiger partial charge in [-0.25, -0.2) is 0 Å². The molecule has 0 saturated carbocycles. The lowest BCUT2D eigenvalue weighted by atomic mass is 9.71. The third-order valence-corrected chi connectivity index (χ3v) is 4.68. The summed E-state index contributed by atoms with van der Waals surface area (Å²) in [4.78, 5) is 0. The number of fused-ring (bicyclic) bond motifs is 1. The van der Waals surface area contributed by atoms with Crippen LogP contribution in [0.1, 0.15) is 43.9 Å². The van der Waals surface area contributed by atoms with Gasteiger partial charge in [0.25, 0.3) is 0 Å². The lowest BCUT2D eigenvalue weighted by Crippen LogP contribution is -2.34. The lowest BCUT2D eigenvalue weighted by Gasteiger charge is -2.37. The summed E-state index contributed by atoms with van der Waals surface area (Å²) in [7, 11) is -0.706. The number of rotatable bonds is 4. The average molecular weight is 265 g/mol. The van der Waals surface area contributed by atoms with E-state index in [1.807, 2.05) is 0 Å². The molecule has 2 rings (SSSR count). The molecule has 0 aliphatic heterocycles. The Hall–Kier alpha value is -0.670. The standard InChI is InChI=1S/C15H23NOS/c1-15(2)9-8-14(16-10-11-18(3)17)12-6-4-5-7-13(12)15/h4-7,14,16H,8-11H2,1-3H3. The summed E-state index contributed by atoms with van der Waals surface area (Å²) in [5, 5.41) is 3.55. The van der Waals surface area contributed by atoms with Gasteiger partial charge in [-0.1, -0.05) is 38.1 Å². The van der Waals surface area contributed by atoms with Crippen LogP contribution in [0.25, 0.3) is 0 Å². The van der Waals surface area contributed by atoms with E-state index in [0.717, 1.165) is 12.3 Å². The molecule has 0 fully saturated rings. The first-order valence-corrected chi connectivity index (χ1v) is 8.36. The highest BCUT2D eigenvalue weighted by Gasteiger charge is 2.31. The van der Waals surface area contributed by atoms with E-state index in [-0.39, 0.29) is 5.41 Å². The lowest BCUT2D eigenvalue weighted by molar-refractivity contribution is 0.363. The van der Waals surface area contributed by atoms with E-state index in [9.17, 15) is 4.21 Å². The van der Waals surface area contributed by atoms with Crippen molar-refractivity contribution >= 4 is 10.8 Å². The van der Waals surface area contributed by atoms with E-state index in [2.05, 4.69) is 43.4 Å². The van der Waals surface area contributed by atoms with Crippen molar-refractivity contribution in [2.45, 2.75) is 38.1 Å². The Morgan fingerprint density at radius 3 is 2.83 bits per heavy atom. The zero-order chi connectivity index (χ0) is 13.2. The minimum absolute atomic E-state index is 0.280. The molecule has 1 aromatic carbocycles. The Kier molecular flexibility index (Phi) is 4.23. The molecule has 1 N–H and O–H groups in total. The minimum Gasteiger partial charge on any atom is -0.309 e. The molecule has 0 heterocycles. The van der Waals surface area contributed by atoms with Crippen LogP contribution in [0.15, 0.2) is 24.3 Å². The summed E-state index contributed by atoms with van der Waals surface area (Å²) >= 11 is 0. The fourth-order valence-electron chi connectivity index (χ4n) is 2.80. The van der Waals surface area contributed by atoms with Crippen LogP contribution < -0.4 is 5.32 Å². The van der Waals surface area contributed by atoms with Gasteiger partial charge in [-0.05, 0) is 29.4 Å². The van der Waals surface area contributed by atoms with Gasteiger partial charge in [0.05, 0.1) is 0 Å². The summed E-state index contributed by atoms with van der Waals surface area (Å²) in [5.41, 5.74) is 3.17. The van der Waals surface area contributed by atoms with Gasteiger partial charge in [-0.15, -0.1) is 0 Å². The van der Waals surface area contributed by atoms with Crippen LogP contribution in [0.2, 0.25) is 0 Å². The molecule has 0 saturated heterocycles. The molecule has 1 aromatic rings. The maximum atomic E-state index is 11.1. The monoisotopic (exact) mass is 265 g/mol. The van der Waals surface area contributed by atoms with E-state index < -0.39 is 10.8 Å². The van der Waals surface area contributed by atoms with E-state index in [1.54, 1.807) is 6.26 Å². The molecule has 2 atom stereocenters. The van der Waals surface area contributed by atoms with Gasteiger partial charge >= 0.3 is 0 Å². The van der Waals surface area contributed by atoms with Crippen LogP contribution in [0.3, 0.4) is 0 Å². The topological polar surface area (TPSA) is 29.1 Å². The third kappa shape index (κ3) is 3.01. The van der Waals surface area contributed by atoms with Crippen molar-refractivity contribution in [1.29, 1.82) is 0 Å². The molecule has 0 radical (unpaired) electrons. The Balaban J connectivity index is 2.13. The van der Waals surface area contributed by atoms with E-state index in [4.69, 9.17) is 0 Å². The highest BCUT2D eigenvalue weighted by molar-refractivity contribution is 7.84. The van der Waals surface area contributed by atoms with Gasteiger partial charge < -0.3 is 5.32 Å². The zero-order valence-corrected chi connectivity index (χ0v) is 12.3. The summed E-state index contributed by atoms with van der Waals surface area (Å²) in [6.45, 7) is 5.48. The highest BCUT2D eigenvalue weighted by Crippen LogP contribution is 2.41. The molecule has 1 aliphatic rings. The summed E-state index contributed by atoms with van der Waals surface area (Å²) in [6.07, 6.45) is 4.14. The Morgan fingerprint density at radius 2 is 2.11 bits per heavy atom. The Bertz CT molecular complexity index is 442. The highest BCUT2D eigenvalue weighted by atomic mass is 32.2. The quantitative estimate of drug-likeness (QED) is 0.907. The first kappa shape index (κ1) is 13.8. The number of benzene rings is 1. The molecule has 2 unspecified atom stereocenters. The maximum Gasteiger partial charge on any atom is 0.0357 e. The smallest absolute Gasteiger partial charge is 0.0357 e. The molecule has 0 spiro atoms. The SMILES string of the molecule is CS(=O)CCNC1CCC(C)(C)c2ccccc21. The number of hydrogen-bond acceptors (Lipinski definition) is 2. The number of nitrogens with one attached hydrogen (secondary N) is 1. The zero-order valence-electron chi connectivity index (χ0n) is 11.5. The molecule has 18 heavy (non-hydrogen) atoms. The van der Waals surface area contributed by atoms with Gasteiger partial charge in [0.2, 0.25) is 0 Å². The van der Waals surface area contributed by atoms with Gasteiger partial charge in [0.15, 0.2) is 0 Å². The van der Waals surface area contributed by atoms with Crippen molar-refractivity contribution in [3.8, 4) is 0 Å². The maximum absolute atomic E-state index is 11.1. The van der Waals surface area contributed by atoms with E-state index >= 15 is 0 Å². The molecule has 100 valence electrons. The average Bonchev–Trinajstić information content (AvgIpc) is 2.32. The molecular weight excluding hydrogens is 242 g/mol. The van der Waals surface area contributed by atoms with Crippen LogP contribution in [0.5, 0.6) is 0 Å². The fourth-order valence-corrected chi connectivity index (χ4v) is 3.21. The molecular formula is C15H23NOS. The Labute approximate surface area is 113 Å². The molecule has 3 heteroatoms. The van der Waals surface area contributed by atoms with Crippen molar-refractivity contribution in [3.63, 3.8) is 0 Å². The fraction of sp³-hybridized carbons (Fsp3) is 0.600. The van der Waals surface area contributed by atoms with Crippen LogP contribution in [0, 0.1) is 0 Å². The number of hydrogen-bond donors (Lipinski definition) is 1. The van der Waals surface area contributed by atoms with Crippen molar-refractivity contribution < 1.29 is 4.21 Å². The second-order valence-corrected chi connectivity index (χ2v) is 7.35. The van der Waals surface area contributed by atoms with Crippen LogP contribution in [-0.4, -0.2) is 22.8 Å². The summed E-state index contributed by atoms with van der Waals surface area (Å²) in [5.74, 6) is 0.738. The van der Waals surface area contributed by atoms with Gasteiger partial charge in [-0.3, -0.25) is 4.21 Å². The molecule has 1 aliphatic carbocycles. The van der Waals surface area contributed by atoms with Crippen LogP contribution in [0.4, 0.5) is 0 Å². The molecule has 0 aromatic heterocycles. The normalized spacial score (nSPS) is 23.4. The summed E-state index contributed by atoms with van der Waals surface area (Å²) in [6, 6.07) is 9.16. The van der Waals surface area contributed by atoms with E-state index in [1.165, 1.54) is 24.0 Å². The van der Waals surface area contributed by atoms with Crippen LogP contribution >= 0.6 is 0 Å². The first-order chi connectivity index (χ1) is 8.50. The molecule has 0 amide bonds. The van der Waals surface area contributed by atoms with Gasteiger partial charge in [0.1, 0.15) is 0 Å². The third-order valence-electron chi connectivity index (χ3n) is 3.90. The van der Waals surface area contributed by atoms with Crippen molar-refractivity contribution in [2.24, 2.45) is 0 Å². The second-order valence-electron chi connectivity index (χ2n) is 5.79. The first-order valence-electron chi connectivity index (χ1n) is 6.63. The van der Waals surface area contributed by atoms with Crippen molar-refractivity contribution in [3.05, 3.63) is 35.4 Å². The second kappa shape index (κ2) is 5.54. The summed E-state index contributed by atoms with van der Waals surface area (Å²) < 4.78 is 11.1. The van der Waals surface area contributed by atoms with Crippen LogP contribution in [-0.2, 0) is 16.2 Å². The van der Waals surface area contributed by atoms with Gasteiger partial charge in [0, 0.05) is 35.4 Å². The largest absolute Gasteiger partial charge is 0.309 e. The molecule has 0 bridgehead atoms. The predicted molar refractivity (Wildman–Crippen MR) is 78.4 cm³/mol.